The summed E-state index contributed by atoms with van der Waals surface area (Å²) >= 11 is 6.10. The van der Waals surface area contributed by atoms with Crippen molar-refractivity contribution in [1.29, 1.82) is 0 Å². The summed E-state index contributed by atoms with van der Waals surface area (Å²) in [4.78, 5) is 0. The molecule has 1 atom stereocenters. The molecule has 106 valence electrons. The quantitative estimate of drug-likeness (QED) is 0.676. The number of hydrogen-bond donors (Lipinski definition) is 1. The van der Waals surface area contributed by atoms with Crippen molar-refractivity contribution in [2.24, 2.45) is 0 Å². The molecule has 0 bridgehead atoms. The number of anilines is 1. The van der Waals surface area contributed by atoms with Crippen LogP contribution in [0.2, 0.25) is 0 Å². The summed E-state index contributed by atoms with van der Waals surface area (Å²) in [6.45, 7) is 1.74. The molecule has 0 amide bonds. The molecule has 6 heteroatoms. The van der Waals surface area contributed by atoms with Gasteiger partial charge in [-0.15, -0.1) is 0 Å². The van der Waals surface area contributed by atoms with Gasteiger partial charge in [0.15, 0.2) is 0 Å². The minimum Gasteiger partial charge on any atom is -0.374 e. The third kappa shape index (κ3) is 3.35. The van der Waals surface area contributed by atoms with E-state index < -0.39 is 11.6 Å². The maximum absolute atomic E-state index is 13.7. The van der Waals surface area contributed by atoms with Gasteiger partial charge in [0.1, 0.15) is 23.1 Å². The van der Waals surface area contributed by atoms with Crippen molar-refractivity contribution in [2.45, 2.75) is 13.0 Å². The van der Waals surface area contributed by atoms with Crippen molar-refractivity contribution in [1.82, 2.24) is 0 Å². The fourth-order valence-corrected chi connectivity index (χ4v) is 2.56. The van der Waals surface area contributed by atoms with E-state index in [1.54, 1.807) is 19.1 Å². The first-order valence-corrected chi connectivity index (χ1v) is 7.33. The predicted molar refractivity (Wildman–Crippen MR) is 80.2 cm³/mol. The molecule has 2 rings (SSSR count). The third-order valence-electron chi connectivity index (χ3n) is 2.81. The Kier molecular flexibility index (Phi) is 4.75. The fourth-order valence-electron chi connectivity index (χ4n) is 1.76. The van der Waals surface area contributed by atoms with Crippen LogP contribution in [0.4, 0.5) is 18.9 Å². The van der Waals surface area contributed by atoms with Gasteiger partial charge in [0.05, 0.1) is 4.47 Å². The van der Waals surface area contributed by atoms with Crippen LogP contribution < -0.4 is 5.32 Å². The first-order valence-electron chi connectivity index (χ1n) is 5.74. The number of hydrogen-bond acceptors (Lipinski definition) is 1. The lowest BCUT2D eigenvalue weighted by molar-refractivity contribution is 0.582. The molecule has 0 aromatic heterocycles. The molecule has 2 aromatic rings. The molecule has 0 fully saturated rings. The molecule has 1 nitrogen and oxygen atoms in total. The Morgan fingerprint density at radius 2 is 1.55 bits per heavy atom. The molecule has 0 heterocycles. The first-order chi connectivity index (χ1) is 9.38. The maximum atomic E-state index is 13.7. The van der Waals surface area contributed by atoms with Crippen LogP contribution in [0.15, 0.2) is 39.3 Å². The molecule has 0 saturated carbocycles. The van der Waals surface area contributed by atoms with E-state index in [2.05, 4.69) is 37.2 Å². The molecular weight excluding hydrogens is 399 g/mol. The Balaban J connectivity index is 2.27. The molecule has 0 radical (unpaired) electrons. The second kappa shape index (κ2) is 6.18. The van der Waals surface area contributed by atoms with Crippen LogP contribution in [0.1, 0.15) is 18.5 Å². The molecule has 0 saturated heterocycles. The van der Waals surface area contributed by atoms with Crippen molar-refractivity contribution >= 4 is 37.5 Å². The molecule has 2 aromatic carbocycles. The Morgan fingerprint density at radius 3 is 2.10 bits per heavy atom. The van der Waals surface area contributed by atoms with E-state index in [-0.39, 0.29) is 17.5 Å². The highest BCUT2D eigenvalue weighted by Gasteiger charge is 2.15. The van der Waals surface area contributed by atoms with Gasteiger partial charge in [0, 0.05) is 10.5 Å². The van der Waals surface area contributed by atoms with Gasteiger partial charge in [-0.3, -0.25) is 0 Å². The SMILES string of the molecule is CC(Nc1c(F)cc(Br)cc1F)c1ccc(F)c(Br)c1. The van der Waals surface area contributed by atoms with Crippen molar-refractivity contribution in [3.8, 4) is 0 Å². The van der Waals surface area contributed by atoms with E-state index in [0.29, 0.717) is 14.5 Å². The fraction of sp³-hybridized carbons (Fsp3) is 0.143. The third-order valence-corrected chi connectivity index (χ3v) is 3.88. The number of halogens is 5. The van der Waals surface area contributed by atoms with E-state index in [1.165, 1.54) is 18.2 Å². The van der Waals surface area contributed by atoms with Gasteiger partial charge in [0.2, 0.25) is 0 Å². The summed E-state index contributed by atoms with van der Waals surface area (Å²) in [6, 6.07) is 6.41. The lowest BCUT2D eigenvalue weighted by Crippen LogP contribution is -2.10. The monoisotopic (exact) mass is 407 g/mol. The van der Waals surface area contributed by atoms with Crippen molar-refractivity contribution in [2.75, 3.05) is 5.32 Å². The normalized spacial score (nSPS) is 12.3. The van der Waals surface area contributed by atoms with Crippen LogP contribution in [-0.4, -0.2) is 0 Å². The number of rotatable bonds is 3. The zero-order chi connectivity index (χ0) is 14.9. The second-order valence-electron chi connectivity index (χ2n) is 4.28. The number of benzene rings is 2. The average Bonchev–Trinajstić information content (AvgIpc) is 2.36. The Labute approximate surface area is 131 Å². The predicted octanol–water partition coefficient (Wildman–Crippen LogP) is 5.80. The maximum Gasteiger partial charge on any atom is 0.150 e. The Hall–Kier alpha value is -1.01. The van der Waals surface area contributed by atoms with Gasteiger partial charge in [-0.05, 0) is 52.7 Å². The summed E-state index contributed by atoms with van der Waals surface area (Å²) < 4.78 is 41.3. The van der Waals surface area contributed by atoms with E-state index >= 15 is 0 Å². The van der Waals surface area contributed by atoms with Crippen molar-refractivity contribution < 1.29 is 13.2 Å². The van der Waals surface area contributed by atoms with Gasteiger partial charge in [0.25, 0.3) is 0 Å². The standard InChI is InChI=1S/C14H10Br2F3N/c1-7(8-2-3-11(17)10(16)4-8)20-14-12(18)5-9(15)6-13(14)19/h2-7,20H,1H3. The number of nitrogens with one attached hydrogen (secondary N) is 1. The van der Waals surface area contributed by atoms with Gasteiger partial charge in [-0.2, -0.15) is 0 Å². The van der Waals surface area contributed by atoms with Gasteiger partial charge >= 0.3 is 0 Å². The van der Waals surface area contributed by atoms with Gasteiger partial charge < -0.3 is 5.32 Å². The molecule has 0 spiro atoms. The summed E-state index contributed by atoms with van der Waals surface area (Å²) in [5.74, 6) is -1.77. The van der Waals surface area contributed by atoms with Crippen LogP contribution in [0, 0.1) is 17.5 Å². The van der Waals surface area contributed by atoms with Gasteiger partial charge in [-0.1, -0.05) is 22.0 Å². The zero-order valence-corrected chi connectivity index (χ0v) is 13.5. The van der Waals surface area contributed by atoms with Crippen LogP contribution >= 0.6 is 31.9 Å². The highest BCUT2D eigenvalue weighted by molar-refractivity contribution is 9.10. The molecule has 0 aliphatic carbocycles. The second-order valence-corrected chi connectivity index (χ2v) is 6.05. The molecular formula is C14H10Br2F3N. The lowest BCUT2D eigenvalue weighted by Gasteiger charge is -2.17. The summed E-state index contributed by atoms with van der Waals surface area (Å²) in [5, 5.41) is 2.75. The molecule has 20 heavy (non-hydrogen) atoms. The van der Waals surface area contributed by atoms with Gasteiger partial charge in [-0.25, -0.2) is 13.2 Å². The van der Waals surface area contributed by atoms with Crippen molar-refractivity contribution in [3.63, 3.8) is 0 Å². The minimum absolute atomic E-state index is 0.207. The van der Waals surface area contributed by atoms with Crippen LogP contribution in [0.25, 0.3) is 0 Å². The largest absolute Gasteiger partial charge is 0.374 e. The van der Waals surface area contributed by atoms with E-state index in [4.69, 9.17) is 0 Å². The average molecular weight is 409 g/mol. The minimum atomic E-state index is -0.690. The zero-order valence-electron chi connectivity index (χ0n) is 10.4. The van der Waals surface area contributed by atoms with E-state index in [1.807, 2.05) is 0 Å². The van der Waals surface area contributed by atoms with Crippen LogP contribution in [0.3, 0.4) is 0 Å². The first kappa shape index (κ1) is 15.4. The summed E-state index contributed by atoms with van der Waals surface area (Å²) in [5.41, 5.74) is 0.501. The Morgan fingerprint density at radius 1 is 0.950 bits per heavy atom. The highest BCUT2D eigenvalue weighted by atomic mass is 79.9. The van der Waals surface area contributed by atoms with E-state index in [0.717, 1.165) is 0 Å². The molecule has 0 aliphatic rings. The smallest absolute Gasteiger partial charge is 0.150 e. The molecule has 0 aliphatic heterocycles. The van der Waals surface area contributed by atoms with Crippen LogP contribution in [-0.2, 0) is 0 Å². The van der Waals surface area contributed by atoms with Crippen molar-refractivity contribution in [3.05, 3.63) is 62.3 Å². The molecule has 1 N–H and O–H groups in total. The lowest BCUT2D eigenvalue weighted by atomic mass is 10.1. The highest BCUT2D eigenvalue weighted by Crippen LogP contribution is 2.28. The Bertz CT molecular complexity index is 623. The van der Waals surface area contributed by atoms with Crippen LogP contribution in [0.5, 0.6) is 0 Å². The molecule has 1 unspecified atom stereocenters. The summed E-state index contributed by atoms with van der Waals surface area (Å²) in [7, 11) is 0. The van der Waals surface area contributed by atoms with E-state index in [9.17, 15) is 13.2 Å². The summed E-state index contributed by atoms with van der Waals surface area (Å²) in [6.07, 6.45) is 0. The topological polar surface area (TPSA) is 12.0 Å².